The fraction of sp³-hybridized carbons (Fsp3) is 0.394. The summed E-state index contributed by atoms with van der Waals surface area (Å²) in [6, 6.07) is 18.3. The van der Waals surface area contributed by atoms with Crippen LogP contribution in [0.3, 0.4) is 0 Å². The first-order valence-electron chi connectivity index (χ1n) is 19.2. The molecule has 0 radical (unpaired) electrons. The second-order valence-corrected chi connectivity index (χ2v) is 13.5. The van der Waals surface area contributed by atoms with Crippen LogP contribution in [0.5, 0.6) is 0 Å². The number of ether oxygens (including phenoxy) is 1. The van der Waals surface area contributed by atoms with Crippen molar-refractivity contribution < 1.29 is 54.0 Å². The predicted octanol–water partition coefficient (Wildman–Crippen LogP) is 4.24. The van der Waals surface area contributed by atoms with E-state index in [2.05, 4.69) is 15.2 Å². The van der Waals surface area contributed by atoms with Gasteiger partial charge in [-0.1, -0.05) is 80.8 Å². The van der Waals surface area contributed by atoms with Gasteiger partial charge in [0.1, 0.15) is 6.04 Å². The highest BCUT2D eigenvalue weighted by Gasteiger charge is 2.35. The Morgan fingerprint density at radius 2 is 1.58 bits per heavy atom. The standard InChI is InChI=1S/C33H45N4O9PS/c1-24(2)22-37(48(43,44)29-19-17-27(34)18-20-29)28(23-46-47(40,41)42)16-10-11-21-35-32(38)31(36-33(39)45-3)30(25-12-6-4-7-13-25)26-14-8-5-9-15-26/h4-9,12-15,17-20,24,28,30-31H,10-11,16,21-23,34H2,1-3H3,(H,35,38)(H,36,39)(H2,40,41,42)/t28-,31-/m0/s1/i1D3,2D3,22D,23D,24D/t22?,23?,28-,31-. The monoisotopic (exact) mass is 713 g/mol. The molecule has 0 saturated heterocycles. The quantitative estimate of drug-likeness (QED) is 0.0722. The highest BCUT2D eigenvalue weighted by Crippen LogP contribution is 2.37. The van der Waals surface area contributed by atoms with E-state index in [1.54, 1.807) is 60.7 Å². The Bertz CT molecular complexity index is 1890. The van der Waals surface area contributed by atoms with E-state index in [1.165, 1.54) is 0 Å². The first-order chi connectivity index (χ1) is 26.4. The van der Waals surface area contributed by atoms with Gasteiger partial charge in [0, 0.05) is 41.7 Å². The molecule has 15 heteroatoms. The summed E-state index contributed by atoms with van der Waals surface area (Å²) < 4.78 is 123. The number of hydrogen-bond donors (Lipinski definition) is 5. The van der Waals surface area contributed by atoms with Crippen LogP contribution in [0.1, 0.15) is 62.3 Å². The number of benzene rings is 3. The van der Waals surface area contributed by atoms with Crippen LogP contribution in [-0.4, -0.2) is 73.4 Å². The van der Waals surface area contributed by atoms with Crippen LogP contribution >= 0.6 is 7.82 Å². The van der Waals surface area contributed by atoms with Crippen molar-refractivity contribution >= 4 is 35.5 Å². The summed E-state index contributed by atoms with van der Waals surface area (Å²) in [6.07, 6.45) is -1.81. The smallest absolute Gasteiger partial charge is 0.453 e. The number of nitrogens with two attached hydrogens (primary N) is 1. The van der Waals surface area contributed by atoms with E-state index in [-0.39, 0.29) is 29.4 Å². The zero-order valence-corrected chi connectivity index (χ0v) is 27.6. The van der Waals surface area contributed by atoms with Gasteiger partial charge in [-0.15, -0.1) is 0 Å². The molecule has 0 saturated carbocycles. The summed E-state index contributed by atoms with van der Waals surface area (Å²) in [6.45, 7) is -13.5. The number of hydrogen-bond acceptors (Lipinski definition) is 8. The maximum atomic E-state index is 14.2. The number of phosphoric ester groups is 1. The largest absolute Gasteiger partial charge is 0.469 e. The number of carbonyl (C=O) groups is 2. The first-order valence-corrected chi connectivity index (χ1v) is 17.5. The number of alkyl carbamates (subject to hydrolysis) is 1. The number of amides is 2. The van der Waals surface area contributed by atoms with Crippen molar-refractivity contribution in [3.8, 4) is 0 Å². The molecule has 0 spiro atoms. The highest BCUT2D eigenvalue weighted by molar-refractivity contribution is 7.89. The number of nitrogens with one attached hydrogen (secondary N) is 2. The van der Waals surface area contributed by atoms with Crippen LogP contribution in [0.15, 0.2) is 89.8 Å². The van der Waals surface area contributed by atoms with E-state index >= 15 is 0 Å². The van der Waals surface area contributed by atoms with E-state index in [0.29, 0.717) is 11.1 Å². The Hall–Kier alpha value is -3.78. The second-order valence-electron chi connectivity index (χ2n) is 10.4. The molecule has 13 nitrogen and oxygen atoms in total. The van der Waals surface area contributed by atoms with E-state index in [9.17, 15) is 32.4 Å². The van der Waals surface area contributed by atoms with Gasteiger partial charge in [-0.3, -0.25) is 9.32 Å². The van der Waals surface area contributed by atoms with Gasteiger partial charge >= 0.3 is 13.9 Å². The molecule has 262 valence electrons. The van der Waals surface area contributed by atoms with Crippen molar-refractivity contribution in [3.63, 3.8) is 0 Å². The number of carbonyl (C=O) groups excluding carboxylic acids is 2. The lowest BCUT2D eigenvalue weighted by molar-refractivity contribution is -0.123. The number of phosphoric acid groups is 1. The topological polar surface area (TPSA) is 198 Å². The van der Waals surface area contributed by atoms with Crippen LogP contribution in [0.2, 0.25) is 0 Å². The number of nitrogen functional groups attached to an aromatic ring is 1. The average molecular weight is 714 g/mol. The molecule has 48 heavy (non-hydrogen) atoms. The average Bonchev–Trinajstić information content (AvgIpc) is 3.12. The summed E-state index contributed by atoms with van der Waals surface area (Å²) >= 11 is 0. The number of sulfonamides is 1. The van der Waals surface area contributed by atoms with Gasteiger partial charge in [0.15, 0.2) is 0 Å². The Morgan fingerprint density at radius 1 is 1.00 bits per heavy atom. The number of nitrogens with zero attached hydrogens (tertiary/aromatic N) is 1. The third kappa shape index (κ3) is 11.7. The molecule has 0 aliphatic carbocycles. The summed E-state index contributed by atoms with van der Waals surface area (Å²) in [5, 5.41) is 5.24. The van der Waals surface area contributed by atoms with Crippen molar-refractivity contribution in [1.82, 2.24) is 14.9 Å². The minimum Gasteiger partial charge on any atom is -0.453 e. The fourth-order valence-electron chi connectivity index (χ4n) is 4.82. The molecule has 0 fully saturated rings. The van der Waals surface area contributed by atoms with Gasteiger partial charge in [-0.25, -0.2) is 17.8 Å². The molecule has 0 aliphatic rings. The van der Waals surface area contributed by atoms with Crippen molar-refractivity contribution in [1.29, 1.82) is 0 Å². The lowest BCUT2D eigenvalue weighted by Gasteiger charge is -2.32. The molecule has 2 amide bonds. The Kier molecular flexibility index (Phi) is 10.2. The third-order valence-electron chi connectivity index (χ3n) is 7.01. The molecule has 0 aliphatic heterocycles. The van der Waals surface area contributed by atoms with Gasteiger partial charge in [0.25, 0.3) is 0 Å². The van der Waals surface area contributed by atoms with Crippen LogP contribution in [0, 0.1) is 5.89 Å². The van der Waals surface area contributed by atoms with E-state index in [4.69, 9.17) is 22.8 Å². The van der Waals surface area contributed by atoms with Crippen LogP contribution in [0.4, 0.5) is 10.5 Å². The minimum absolute atomic E-state index is 0.0554. The number of methoxy groups -OCH3 is 1. The predicted molar refractivity (Wildman–Crippen MR) is 182 cm³/mol. The van der Waals surface area contributed by atoms with Crippen molar-refractivity contribution in [2.75, 3.05) is 32.5 Å². The normalized spacial score (nSPS) is 18.1. The molecule has 6 N–H and O–H groups in total. The van der Waals surface area contributed by atoms with Crippen molar-refractivity contribution in [2.45, 2.75) is 55.9 Å². The summed E-state index contributed by atoms with van der Waals surface area (Å²) in [5.74, 6) is -5.26. The van der Waals surface area contributed by atoms with Crippen LogP contribution in [0.25, 0.3) is 0 Å². The van der Waals surface area contributed by atoms with Crippen LogP contribution < -0.4 is 16.4 Å². The molecule has 0 aromatic heterocycles. The summed E-state index contributed by atoms with van der Waals surface area (Å²) in [7, 11) is -9.73. The molecule has 3 aromatic carbocycles. The van der Waals surface area contributed by atoms with Gasteiger partial charge < -0.3 is 30.9 Å². The highest BCUT2D eigenvalue weighted by atomic mass is 32.2. The Balaban J connectivity index is 2.01. The molecule has 0 heterocycles. The molecule has 3 rings (SSSR count). The maximum Gasteiger partial charge on any atom is 0.469 e. The Labute approximate surface area is 294 Å². The van der Waals surface area contributed by atoms with Crippen LogP contribution in [-0.2, 0) is 28.6 Å². The molecule has 0 bridgehead atoms. The molecule has 3 aromatic rings. The Morgan fingerprint density at radius 3 is 2.10 bits per heavy atom. The van der Waals surface area contributed by atoms with Gasteiger partial charge in [-0.05, 0) is 54.1 Å². The SMILES string of the molecule is [2H]C(OP(=O)(O)O)[C@H](CCCCNC(=O)[C@@H](NC(=O)OC)C(c1ccccc1)c1ccccc1)N(C([2H])C([2H])(C([2H])([2H])[2H])C([2H])([2H])[2H])S(=O)(=O)c1ccc(N)cc1. The van der Waals surface area contributed by atoms with Gasteiger partial charge in [-0.2, -0.15) is 4.31 Å². The van der Waals surface area contributed by atoms with E-state index < -0.39 is 91.9 Å². The molecular weight excluding hydrogens is 659 g/mol. The molecular formula is C33H45N4O9PS. The summed E-state index contributed by atoms with van der Waals surface area (Å²) in [4.78, 5) is 44.7. The zero-order valence-electron chi connectivity index (χ0n) is 34.9. The lowest BCUT2D eigenvalue weighted by Crippen LogP contribution is -2.50. The second kappa shape index (κ2) is 18.1. The minimum atomic E-state index is -5.58. The number of rotatable bonds is 18. The third-order valence-corrected chi connectivity index (χ3v) is 9.21. The van der Waals surface area contributed by atoms with Gasteiger partial charge in [0.05, 0.1) is 20.0 Å². The van der Waals surface area contributed by atoms with E-state index in [0.717, 1.165) is 31.4 Å². The molecule has 4 atom stereocenters. The maximum absolute atomic E-state index is 14.2. The zero-order chi connectivity index (χ0) is 43.0. The fourth-order valence-corrected chi connectivity index (χ4v) is 6.60. The van der Waals surface area contributed by atoms with Crippen molar-refractivity contribution in [3.05, 3.63) is 96.1 Å². The van der Waals surface area contributed by atoms with Crippen molar-refractivity contribution in [2.24, 2.45) is 5.89 Å². The number of unbranched alkanes of at least 4 members (excludes halogenated alkanes) is 1. The lowest BCUT2D eigenvalue weighted by atomic mass is 9.84. The summed E-state index contributed by atoms with van der Waals surface area (Å²) in [5.41, 5.74) is 7.10. The number of anilines is 1. The molecule has 2 unspecified atom stereocenters. The first kappa shape index (κ1) is 27.1. The van der Waals surface area contributed by atoms with E-state index in [1.807, 2.05) is 0 Å². The van der Waals surface area contributed by atoms with Gasteiger partial charge in [0.2, 0.25) is 15.9 Å².